The fourth-order valence-electron chi connectivity index (χ4n) is 3.74. The molecule has 6 nitrogen and oxygen atoms in total. The number of methoxy groups -OCH3 is 2. The van der Waals surface area contributed by atoms with E-state index in [1.54, 1.807) is 43.5 Å². The van der Waals surface area contributed by atoms with Crippen molar-refractivity contribution in [3.8, 4) is 11.5 Å². The van der Waals surface area contributed by atoms with Crippen LogP contribution in [0, 0.1) is 13.8 Å². The van der Waals surface area contributed by atoms with Crippen LogP contribution in [-0.4, -0.2) is 26.0 Å². The molecule has 0 fully saturated rings. The lowest BCUT2D eigenvalue weighted by Gasteiger charge is -2.16. The van der Waals surface area contributed by atoms with E-state index in [4.69, 9.17) is 9.47 Å². The Bertz CT molecular complexity index is 1250. The van der Waals surface area contributed by atoms with E-state index < -0.39 is 11.8 Å². The molecule has 0 aliphatic carbocycles. The number of imide groups is 1. The Balaban J connectivity index is 1.89. The number of amides is 2. The highest BCUT2D eigenvalue weighted by Crippen LogP contribution is 2.38. The number of rotatable bonds is 6. The molecule has 1 heterocycles. The molecule has 0 atom stereocenters. The second-order valence-electron chi connectivity index (χ2n) is 7.54. The number of benzene rings is 3. The highest BCUT2D eigenvalue weighted by Gasteiger charge is 2.41. The maximum absolute atomic E-state index is 13.6. The molecule has 0 spiro atoms. The van der Waals surface area contributed by atoms with Gasteiger partial charge in [0.25, 0.3) is 11.8 Å². The Kier molecular flexibility index (Phi) is 5.69. The number of aryl methyl sites for hydroxylation is 2. The van der Waals surface area contributed by atoms with Crippen molar-refractivity contribution >= 4 is 28.8 Å². The van der Waals surface area contributed by atoms with E-state index in [1.165, 1.54) is 7.11 Å². The summed E-state index contributed by atoms with van der Waals surface area (Å²) in [5.74, 6) is 0.194. The second kappa shape index (κ2) is 8.59. The third-order valence-electron chi connectivity index (χ3n) is 5.42. The molecular weight excluding hydrogens is 404 g/mol. The van der Waals surface area contributed by atoms with Crippen LogP contribution >= 0.6 is 0 Å². The molecule has 2 amide bonds. The summed E-state index contributed by atoms with van der Waals surface area (Å²) >= 11 is 0. The Labute approximate surface area is 187 Å². The fourth-order valence-corrected chi connectivity index (χ4v) is 3.74. The number of anilines is 2. The third kappa shape index (κ3) is 3.71. The Morgan fingerprint density at radius 3 is 2.34 bits per heavy atom. The van der Waals surface area contributed by atoms with Crippen LogP contribution in [0.25, 0.3) is 5.57 Å². The average molecular weight is 428 g/mol. The van der Waals surface area contributed by atoms with Gasteiger partial charge < -0.3 is 14.8 Å². The first kappa shape index (κ1) is 21.2. The lowest BCUT2D eigenvalue weighted by atomic mass is 10.0. The summed E-state index contributed by atoms with van der Waals surface area (Å²) in [5.41, 5.74) is 4.21. The van der Waals surface area contributed by atoms with Crippen LogP contribution in [0.15, 0.2) is 72.4 Å². The third-order valence-corrected chi connectivity index (χ3v) is 5.42. The van der Waals surface area contributed by atoms with Crippen molar-refractivity contribution in [3.05, 3.63) is 89.1 Å². The molecule has 1 N–H and O–H groups in total. The maximum Gasteiger partial charge on any atom is 0.282 e. The van der Waals surface area contributed by atoms with Gasteiger partial charge in [0.05, 0.1) is 25.5 Å². The van der Waals surface area contributed by atoms with Crippen LogP contribution < -0.4 is 19.7 Å². The van der Waals surface area contributed by atoms with Gasteiger partial charge in [-0.3, -0.25) is 9.59 Å². The van der Waals surface area contributed by atoms with Crippen molar-refractivity contribution < 1.29 is 19.1 Å². The normalized spacial score (nSPS) is 13.6. The van der Waals surface area contributed by atoms with E-state index >= 15 is 0 Å². The van der Waals surface area contributed by atoms with E-state index in [1.807, 2.05) is 44.2 Å². The van der Waals surface area contributed by atoms with Crippen LogP contribution in [0.4, 0.5) is 11.4 Å². The van der Waals surface area contributed by atoms with Crippen LogP contribution in [0.5, 0.6) is 11.5 Å². The van der Waals surface area contributed by atoms with Crippen molar-refractivity contribution in [1.82, 2.24) is 0 Å². The zero-order valence-corrected chi connectivity index (χ0v) is 18.4. The molecule has 0 radical (unpaired) electrons. The van der Waals surface area contributed by atoms with E-state index in [0.717, 1.165) is 21.7 Å². The molecule has 1 aliphatic heterocycles. The predicted molar refractivity (Wildman–Crippen MR) is 125 cm³/mol. The minimum absolute atomic E-state index is 0.205. The van der Waals surface area contributed by atoms with Gasteiger partial charge in [0, 0.05) is 17.3 Å². The number of nitrogens with zero attached hydrogens (tertiary/aromatic N) is 1. The molecule has 3 aromatic carbocycles. The summed E-state index contributed by atoms with van der Waals surface area (Å²) in [6.45, 7) is 3.93. The lowest BCUT2D eigenvalue weighted by Crippen LogP contribution is -2.32. The fraction of sp³-hybridized carbons (Fsp3) is 0.154. The highest BCUT2D eigenvalue weighted by molar-refractivity contribution is 6.46. The SMILES string of the molecule is COc1cccc(N2C(=O)C(Nc3cc(C)ccc3C)=C(c3ccccc3OC)C2=O)c1. The molecule has 4 rings (SSSR count). The van der Waals surface area contributed by atoms with E-state index in [2.05, 4.69) is 5.32 Å². The largest absolute Gasteiger partial charge is 0.497 e. The first-order chi connectivity index (χ1) is 15.4. The summed E-state index contributed by atoms with van der Waals surface area (Å²) in [4.78, 5) is 28.4. The number of para-hydroxylation sites is 1. The Hall–Kier alpha value is -4.06. The van der Waals surface area contributed by atoms with Crippen LogP contribution in [0.3, 0.4) is 0 Å². The molecule has 0 aromatic heterocycles. The molecule has 162 valence electrons. The number of nitrogens with one attached hydrogen (secondary N) is 1. The summed E-state index contributed by atoms with van der Waals surface area (Å²) < 4.78 is 10.8. The van der Waals surface area contributed by atoms with Gasteiger partial charge in [-0.05, 0) is 49.2 Å². The molecular formula is C26H24N2O4. The van der Waals surface area contributed by atoms with Crippen molar-refractivity contribution in [3.63, 3.8) is 0 Å². The molecule has 32 heavy (non-hydrogen) atoms. The van der Waals surface area contributed by atoms with Gasteiger partial charge in [0.2, 0.25) is 0 Å². The molecule has 0 bridgehead atoms. The zero-order valence-electron chi connectivity index (χ0n) is 18.4. The minimum Gasteiger partial charge on any atom is -0.497 e. The van der Waals surface area contributed by atoms with Crippen molar-refractivity contribution in [2.75, 3.05) is 24.4 Å². The molecule has 1 aliphatic rings. The standard InChI is InChI=1S/C26H24N2O4/c1-16-12-13-17(2)21(14-16)27-24-23(20-10-5-6-11-22(20)32-4)25(29)28(26(24)30)18-8-7-9-19(15-18)31-3/h5-15,27H,1-4H3. The smallest absolute Gasteiger partial charge is 0.282 e. The monoisotopic (exact) mass is 428 g/mol. The number of hydrogen-bond donors (Lipinski definition) is 1. The van der Waals surface area contributed by atoms with Crippen LogP contribution in [0.2, 0.25) is 0 Å². The van der Waals surface area contributed by atoms with Gasteiger partial charge in [-0.15, -0.1) is 0 Å². The van der Waals surface area contributed by atoms with Gasteiger partial charge in [-0.2, -0.15) is 0 Å². The van der Waals surface area contributed by atoms with E-state index in [-0.39, 0.29) is 11.3 Å². The highest BCUT2D eigenvalue weighted by atomic mass is 16.5. The summed E-state index contributed by atoms with van der Waals surface area (Å²) in [6.07, 6.45) is 0. The van der Waals surface area contributed by atoms with Gasteiger partial charge >= 0.3 is 0 Å². The van der Waals surface area contributed by atoms with E-state index in [0.29, 0.717) is 22.7 Å². The van der Waals surface area contributed by atoms with Crippen molar-refractivity contribution in [1.29, 1.82) is 0 Å². The molecule has 6 heteroatoms. The summed E-state index contributed by atoms with van der Waals surface area (Å²) in [6, 6.07) is 20.0. The Morgan fingerprint density at radius 2 is 1.59 bits per heavy atom. The number of hydrogen-bond acceptors (Lipinski definition) is 5. The van der Waals surface area contributed by atoms with Gasteiger partial charge in [-0.1, -0.05) is 36.4 Å². The summed E-state index contributed by atoms with van der Waals surface area (Å²) in [5, 5.41) is 3.24. The quantitative estimate of drug-likeness (QED) is 0.576. The first-order valence-corrected chi connectivity index (χ1v) is 10.2. The second-order valence-corrected chi connectivity index (χ2v) is 7.54. The van der Waals surface area contributed by atoms with Crippen LogP contribution in [-0.2, 0) is 9.59 Å². The average Bonchev–Trinajstić information content (AvgIpc) is 3.05. The van der Waals surface area contributed by atoms with Gasteiger partial charge in [-0.25, -0.2) is 4.90 Å². The van der Waals surface area contributed by atoms with Gasteiger partial charge in [0.15, 0.2) is 0 Å². The molecule has 3 aromatic rings. The predicted octanol–water partition coefficient (Wildman–Crippen LogP) is 4.72. The Morgan fingerprint density at radius 1 is 0.812 bits per heavy atom. The van der Waals surface area contributed by atoms with Crippen molar-refractivity contribution in [2.45, 2.75) is 13.8 Å². The number of carbonyl (C=O) groups is 2. The number of ether oxygens (including phenoxy) is 2. The molecule has 0 saturated carbocycles. The minimum atomic E-state index is -0.440. The molecule has 0 unspecified atom stereocenters. The van der Waals surface area contributed by atoms with E-state index in [9.17, 15) is 9.59 Å². The lowest BCUT2D eigenvalue weighted by molar-refractivity contribution is -0.120. The summed E-state index contributed by atoms with van der Waals surface area (Å²) in [7, 11) is 3.08. The molecule has 0 saturated heterocycles. The van der Waals surface area contributed by atoms with Gasteiger partial charge in [0.1, 0.15) is 17.2 Å². The first-order valence-electron chi connectivity index (χ1n) is 10.2. The maximum atomic E-state index is 13.6. The van der Waals surface area contributed by atoms with Crippen molar-refractivity contribution in [2.24, 2.45) is 0 Å². The topological polar surface area (TPSA) is 67.9 Å². The van der Waals surface area contributed by atoms with Crippen LogP contribution in [0.1, 0.15) is 16.7 Å². The number of carbonyl (C=O) groups excluding carboxylic acids is 2. The zero-order chi connectivity index (χ0) is 22.8.